The zero-order valence-electron chi connectivity index (χ0n) is 11.1. The summed E-state index contributed by atoms with van der Waals surface area (Å²) in [5.41, 5.74) is 6.92. The summed E-state index contributed by atoms with van der Waals surface area (Å²) in [6.45, 7) is 3.57. The van der Waals surface area contributed by atoms with Crippen LogP contribution in [-0.2, 0) is 4.79 Å². The quantitative estimate of drug-likeness (QED) is 0.464. The lowest BCUT2D eigenvalue weighted by atomic mass is 9.94. The molecule has 0 amide bonds. The van der Waals surface area contributed by atoms with Gasteiger partial charge in [-0.05, 0) is 31.5 Å². The van der Waals surface area contributed by atoms with E-state index < -0.39 is 11.4 Å². The van der Waals surface area contributed by atoms with Gasteiger partial charge in [-0.3, -0.25) is 4.79 Å². The van der Waals surface area contributed by atoms with Gasteiger partial charge in [-0.25, -0.2) is 0 Å². The Morgan fingerprint density at radius 1 is 1.42 bits per heavy atom. The van der Waals surface area contributed by atoms with Gasteiger partial charge < -0.3 is 21.6 Å². The lowest BCUT2D eigenvalue weighted by Crippen LogP contribution is -2.34. The molecule has 0 saturated carbocycles. The van der Waals surface area contributed by atoms with Gasteiger partial charge in [-0.2, -0.15) is 0 Å². The Balaban J connectivity index is 2.76. The van der Waals surface area contributed by atoms with Gasteiger partial charge in [0.05, 0.1) is 5.41 Å². The van der Waals surface area contributed by atoms with Crippen molar-refractivity contribution in [3.8, 4) is 0 Å². The molecule has 5 heteroatoms. The number of nitrogens with one attached hydrogen (secondary N) is 2. The zero-order valence-corrected chi connectivity index (χ0v) is 11.1. The Kier molecular flexibility index (Phi) is 4.69. The number of carboxylic acid groups (broad SMARTS) is 1. The van der Waals surface area contributed by atoms with Crippen LogP contribution in [0.1, 0.15) is 19.4 Å². The van der Waals surface area contributed by atoms with Gasteiger partial charge >= 0.3 is 5.97 Å². The van der Waals surface area contributed by atoms with Crippen LogP contribution in [0.15, 0.2) is 30.5 Å². The van der Waals surface area contributed by atoms with Crippen LogP contribution in [0.2, 0.25) is 0 Å². The van der Waals surface area contributed by atoms with Crippen LogP contribution < -0.4 is 11.1 Å². The van der Waals surface area contributed by atoms with Crippen molar-refractivity contribution in [1.82, 2.24) is 5.32 Å². The van der Waals surface area contributed by atoms with Gasteiger partial charge in [0, 0.05) is 30.2 Å². The first kappa shape index (κ1) is 14.8. The zero-order chi connectivity index (χ0) is 14.5. The number of carboxylic acids is 1. The first-order valence-corrected chi connectivity index (χ1v) is 5.90. The minimum absolute atomic E-state index is 0.286. The molecule has 0 saturated heterocycles. The second-order valence-electron chi connectivity index (χ2n) is 4.94. The van der Waals surface area contributed by atoms with Gasteiger partial charge in [0.1, 0.15) is 0 Å². The van der Waals surface area contributed by atoms with Crippen LogP contribution in [0.3, 0.4) is 0 Å². The third-order valence-corrected chi connectivity index (χ3v) is 2.78. The van der Waals surface area contributed by atoms with Crippen LogP contribution in [0.4, 0.5) is 5.69 Å². The van der Waals surface area contributed by atoms with E-state index in [4.69, 9.17) is 16.2 Å². The molecule has 1 aromatic rings. The van der Waals surface area contributed by atoms with E-state index in [1.54, 1.807) is 32.2 Å². The first-order valence-electron chi connectivity index (χ1n) is 5.90. The highest BCUT2D eigenvalue weighted by Crippen LogP contribution is 2.15. The van der Waals surface area contributed by atoms with Crippen molar-refractivity contribution in [2.45, 2.75) is 13.8 Å². The molecule has 102 valence electrons. The van der Waals surface area contributed by atoms with Crippen LogP contribution in [-0.4, -0.2) is 23.8 Å². The van der Waals surface area contributed by atoms with Crippen molar-refractivity contribution in [2.24, 2.45) is 5.41 Å². The van der Waals surface area contributed by atoms with Crippen LogP contribution >= 0.6 is 0 Å². The normalized spacial score (nSPS) is 12.0. The van der Waals surface area contributed by atoms with Crippen molar-refractivity contribution in [3.05, 3.63) is 36.0 Å². The van der Waals surface area contributed by atoms with Crippen molar-refractivity contribution >= 4 is 23.4 Å². The monoisotopic (exact) mass is 261 g/mol. The predicted octanol–water partition coefficient (Wildman–Crippen LogP) is 1.96. The molecule has 0 radical (unpaired) electrons. The molecule has 0 fully saturated rings. The molecule has 19 heavy (non-hydrogen) atoms. The third kappa shape index (κ3) is 4.13. The maximum absolute atomic E-state index is 11.0. The molecule has 5 nitrogen and oxygen atoms in total. The number of nitrogens with two attached hydrogens (primary N) is 1. The Labute approximate surface area is 112 Å². The number of carbonyl (C=O) groups is 1. The molecule has 0 atom stereocenters. The fraction of sp³-hybridized carbons (Fsp3) is 0.286. The number of hydrogen-bond acceptors (Lipinski definition) is 4. The van der Waals surface area contributed by atoms with Crippen molar-refractivity contribution in [1.29, 1.82) is 5.41 Å². The summed E-state index contributed by atoms with van der Waals surface area (Å²) in [6, 6.07) is 7.15. The number of nitrogen functional groups attached to an aromatic ring is 1. The highest BCUT2D eigenvalue weighted by Gasteiger charge is 2.26. The van der Waals surface area contributed by atoms with E-state index in [1.165, 1.54) is 6.21 Å². The smallest absolute Gasteiger partial charge is 0.310 e. The third-order valence-electron chi connectivity index (χ3n) is 2.78. The number of rotatable bonds is 6. The number of hydrogen-bond donors (Lipinski definition) is 4. The highest BCUT2D eigenvalue weighted by molar-refractivity contribution is 6.08. The Morgan fingerprint density at radius 2 is 2.00 bits per heavy atom. The summed E-state index contributed by atoms with van der Waals surface area (Å²) < 4.78 is 0. The second kappa shape index (κ2) is 6.04. The van der Waals surface area contributed by atoms with E-state index in [2.05, 4.69) is 5.32 Å². The SMILES string of the molecule is CC(C)(CN/C=C(\C=N)c1ccc(N)cc1)C(=O)O. The summed E-state index contributed by atoms with van der Waals surface area (Å²) >= 11 is 0. The molecule has 0 heterocycles. The Morgan fingerprint density at radius 3 is 2.47 bits per heavy atom. The lowest BCUT2D eigenvalue weighted by molar-refractivity contribution is -0.146. The maximum Gasteiger partial charge on any atom is 0.310 e. The molecule has 0 bridgehead atoms. The topological polar surface area (TPSA) is 99.2 Å². The summed E-state index contributed by atoms with van der Waals surface area (Å²) in [6.07, 6.45) is 2.86. The number of allylic oxidation sites excluding steroid dienone is 1. The number of anilines is 1. The minimum atomic E-state index is -0.864. The summed E-state index contributed by atoms with van der Waals surface area (Å²) in [7, 11) is 0. The Hall–Kier alpha value is -2.30. The van der Waals surface area contributed by atoms with E-state index in [-0.39, 0.29) is 6.54 Å². The molecular formula is C14H19N3O2. The lowest BCUT2D eigenvalue weighted by Gasteiger charge is -2.18. The molecule has 1 rings (SSSR count). The van der Waals surface area contributed by atoms with Gasteiger partial charge in [-0.1, -0.05) is 12.1 Å². The van der Waals surface area contributed by atoms with Gasteiger partial charge in [0.15, 0.2) is 0 Å². The first-order chi connectivity index (χ1) is 8.86. The molecule has 0 unspecified atom stereocenters. The van der Waals surface area contributed by atoms with Crippen molar-refractivity contribution in [3.63, 3.8) is 0 Å². The van der Waals surface area contributed by atoms with Crippen molar-refractivity contribution in [2.75, 3.05) is 12.3 Å². The molecule has 1 aromatic carbocycles. The molecule has 0 aliphatic carbocycles. The molecule has 0 spiro atoms. The van der Waals surface area contributed by atoms with Gasteiger partial charge in [0.25, 0.3) is 0 Å². The number of benzene rings is 1. The summed E-state index contributed by atoms with van der Waals surface area (Å²) in [5, 5.41) is 19.3. The van der Waals surface area contributed by atoms with Gasteiger partial charge in [-0.15, -0.1) is 0 Å². The van der Waals surface area contributed by atoms with Crippen LogP contribution in [0.5, 0.6) is 0 Å². The van der Waals surface area contributed by atoms with E-state index in [0.29, 0.717) is 11.3 Å². The molecule has 0 aliphatic rings. The van der Waals surface area contributed by atoms with E-state index >= 15 is 0 Å². The highest BCUT2D eigenvalue weighted by atomic mass is 16.4. The van der Waals surface area contributed by atoms with Crippen molar-refractivity contribution < 1.29 is 9.90 Å². The fourth-order valence-electron chi connectivity index (χ4n) is 1.38. The van der Waals surface area contributed by atoms with Crippen LogP contribution in [0.25, 0.3) is 5.57 Å². The molecule has 0 aromatic heterocycles. The maximum atomic E-state index is 11.0. The number of aliphatic carboxylic acids is 1. The minimum Gasteiger partial charge on any atom is -0.481 e. The largest absolute Gasteiger partial charge is 0.481 e. The second-order valence-corrected chi connectivity index (χ2v) is 4.94. The molecular weight excluding hydrogens is 242 g/mol. The van der Waals surface area contributed by atoms with Crippen LogP contribution in [0, 0.1) is 10.8 Å². The fourth-order valence-corrected chi connectivity index (χ4v) is 1.38. The molecule has 0 aliphatic heterocycles. The average Bonchev–Trinajstić information content (AvgIpc) is 2.36. The van der Waals surface area contributed by atoms with E-state index in [9.17, 15) is 4.79 Å². The molecule has 5 N–H and O–H groups in total. The standard InChI is InChI=1S/C14H19N3O2/c1-14(2,13(18)19)9-17-8-11(7-15)10-3-5-12(16)6-4-10/h3-8,15,17H,9,16H2,1-2H3,(H,18,19)/b11-8+,15-7?. The predicted molar refractivity (Wildman–Crippen MR) is 77.0 cm³/mol. The van der Waals surface area contributed by atoms with Gasteiger partial charge in [0.2, 0.25) is 0 Å². The van der Waals surface area contributed by atoms with E-state index in [0.717, 1.165) is 5.56 Å². The Bertz CT molecular complexity index is 490. The summed E-state index contributed by atoms with van der Waals surface area (Å²) in [5.74, 6) is -0.864. The average molecular weight is 261 g/mol. The van der Waals surface area contributed by atoms with E-state index in [1.807, 2.05) is 12.1 Å². The summed E-state index contributed by atoms with van der Waals surface area (Å²) in [4.78, 5) is 11.0.